The maximum absolute atomic E-state index is 12.9. The van der Waals surface area contributed by atoms with Crippen LogP contribution in [0, 0.1) is 0 Å². The molecule has 0 aromatic heterocycles. The molecule has 1 heterocycles. The number of benzene rings is 3. The van der Waals surface area contributed by atoms with E-state index in [4.69, 9.17) is 0 Å². The van der Waals surface area contributed by atoms with Crippen molar-refractivity contribution in [3.05, 3.63) is 72.3 Å². The normalized spacial score (nSPS) is 15.3. The second kappa shape index (κ2) is 8.35. The lowest BCUT2D eigenvalue weighted by Gasteiger charge is -2.26. The van der Waals surface area contributed by atoms with Gasteiger partial charge in [0.2, 0.25) is 15.9 Å². The minimum Gasteiger partial charge on any atom is -0.326 e. The lowest BCUT2D eigenvalue weighted by Crippen LogP contribution is -2.35. The summed E-state index contributed by atoms with van der Waals surface area (Å²) in [4.78, 5) is 12.7. The summed E-state index contributed by atoms with van der Waals surface area (Å²) in [6.07, 6.45) is 3.08. The number of fused-ring (bicyclic) bond motifs is 1. The number of sulfonamides is 1. The third-order valence-corrected chi connectivity index (χ3v) is 7.14. The summed E-state index contributed by atoms with van der Waals surface area (Å²) in [6.45, 7) is 1.11. The number of nitrogens with one attached hydrogen (secondary N) is 1. The van der Waals surface area contributed by atoms with E-state index in [1.807, 2.05) is 42.5 Å². The number of hydrogen-bond acceptors (Lipinski definition) is 3. The number of anilines is 1. The van der Waals surface area contributed by atoms with Crippen LogP contribution in [0.5, 0.6) is 0 Å². The van der Waals surface area contributed by atoms with Crippen molar-refractivity contribution in [1.29, 1.82) is 0 Å². The average Bonchev–Trinajstić information content (AvgIpc) is 2.74. The first-order valence-corrected chi connectivity index (χ1v) is 11.3. The summed E-state index contributed by atoms with van der Waals surface area (Å²) in [5.74, 6) is -0.173. The first kappa shape index (κ1) is 19.6. The summed E-state index contributed by atoms with van der Waals surface area (Å²) in [7, 11) is -3.52. The molecule has 0 saturated carbocycles. The van der Waals surface area contributed by atoms with Crippen LogP contribution in [0.4, 0.5) is 5.69 Å². The molecule has 3 aromatic rings. The maximum Gasteiger partial charge on any atom is 0.243 e. The maximum atomic E-state index is 12.9. The molecule has 1 fully saturated rings. The Hall–Kier alpha value is -2.70. The summed E-state index contributed by atoms with van der Waals surface area (Å²) in [5, 5.41) is 5.05. The van der Waals surface area contributed by atoms with Crippen LogP contribution in [0.3, 0.4) is 0 Å². The Balaban J connectivity index is 1.47. The van der Waals surface area contributed by atoms with E-state index in [1.54, 1.807) is 24.3 Å². The molecule has 4 rings (SSSR count). The van der Waals surface area contributed by atoms with E-state index < -0.39 is 10.0 Å². The highest BCUT2D eigenvalue weighted by molar-refractivity contribution is 7.89. The smallest absolute Gasteiger partial charge is 0.243 e. The number of amides is 1. The van der Waals surface area contributed by atoms with Gasteiger partial charge in [-0.05, 0) is 47.4 Å². The first-order chi connectivity index (χ1) is 14.0. The third-order valence-electron chi connectivity index (χ3n) is 5.25. The molecule has 5 nitrogen and oxygen atoms in total. The van der Waals surface area contributed by atoms with Crippen molar-refractivity contribution in [2.45, 2.75) is 30.6 Å². The fraction of sp³-hybridized carbons (Fsp3) is 0.261. The van der Waals surface area contributed by atoms with Gasteiger partial charge in [0.05, 0.1) is 11.3 Å². The van der Waals surface area contributed by atoms with Gasteiger partial charge in [-0.2, -0.15) is 4.31 Å². The Morgan fingerprint density at radius 1 is 0.862 bits per heavy atom. The van der Waals surface area contributed by atoms with Gasteiger partial charge >= 0.3 is 0 Å². The largest absolute Gasteiger partial charge is 0.326 e. The molecule has 0 radical (unpaired) electrons. The van der Waals surface area contributed by atoms with Gasteiger partial charge < -0.3 is 5.32 Å². The number of rotatable bonds is 5. The van der Waals surface area contributed by atoms with Crippen molar-refractivity contribution in [2.24, 2.45) is 0 Å². The van der Waals surface area contributed by atoms with Crippen molar-refractivity contribution < 1.29 is 13.2 Å². The fourth-order valence-electron chi connectivity index (χ4n) is 3.73. The summed E-state index contributed by atoms with van der Waals surface area (Å²) in [5.41, 5.74) is 1.41. The number of nitrogens with zero attached hydrogens (tertiary/aromatic N) is 1. The van der Waals surface area contributed by atoms with Crippen molar-refractivity contribution in [3.8, 4) is 0 Å². The summed E-state index contributed by atoms with van der Waals surface area (Å²) in [6, 6.07) is 20.5. The molecular formula is C23H24N2O3S. The quantitative estimate of drug-likeness (QED) is 0.688. The van der Waals surface area contributed by atoms with Crippen LogP contribution in [0.1, 0.15) is 24.8 Å². The van der Waals surface area contributed by atoms with E-state index >= 15 is 0 Å². The molecule has 29 heavy (non-hydrogen) atoms. The van der Waals surface area contributed by atoms with Crippen molar-refractivity contribution in [1.82, 2.24) is 4.31 Å². The molecule has 1 N–H and O–H groups in total. The van der Waals surface area contributed by atoms with Crippen molar-refractivity contribution in [3.63, 3.8) is 0 Å². The fourth-order valence-corrected chi connectivity index (χ4v) is 5.29. The van der Waals surface area contributed by atoms with Gasteiger partial charge in [-0.1, -0.05) is 55.0 Å². The number of hydrogen-bond donors (Lipinski definition) is 1. The van der Waals surface area contributed by atoms with E-state index in [2.05, 4.69) is 5.32 Å². The number of piperidine rings is 1. The SMILES string of the molecule is O=C(Cc1ccc2ccccc2c1)Nc1cccc(S(=O)(=O)N2CCCCC2)c1. The van der Waals surface area contributed by atoms with Gasteiger partial charge in [-0.3, -0.25) is 4.79 Å². The Labute approximate surface area is 171 Å². The third kappa shape index (κ3) is 4.49. The second-order valence-corrected chi connectivity index (χ2v) is 9.34. The lowest BCUT2D eigenvalue weighted by atomic mass is 10.0. The molecule has 0 unspecified atom stereocenters. The number of carbonyl (C=O) groups is 1. The van der Waals surface area contributed by atoms with Gasteiger partial charge in [0.25, 0.3) is 0 Å². The average molecular weight is 409 g/mol. The van der Waals surface area contributed by atoms with Crippen LogP contribution in [0.25, 0.3) is 10.8 Å². The van der Waals surface area contributed by atoms with Crippen LogP contribution in [-0.2, 0) is 21.2 Å². The highest BCUT2D eigenvalue weighted by atomic mass is 32.2. The van der Waals surface area contributed by atoms with Gasteiger partial charge in [-0.25, -0.2) is 8.42 Å². The van der Waals surface area contributed by atoms with Crippen LogP contribution < -0.4 is 5.32 Å². The predicted octanol–water partition coefficient (Wildman–Crippen LogP) is 4.20. The zero-order valence-corrected chi connectivity index (χ0v) is 17.0. The summed E-state index contributed by atoms with van der Waals surface area (Å²) >= 11 is 0. The predicted molar refractivity (Wildman–Crippen MR) is 115 cm³/mol. The van der Waals surface area contributed by atoms with Crippen molar-refractivity contribution >= 4 is 32.4 Å². The van der Waals surface area contributed by atoms with Crippen LogP contribution in [0.2, 0.25) is 0 Å². The Bertz CT molecular complexity index is 1140. The van der Waals surface area contributed by atoms with E-state index in [-0.39, 0.29) is 17.2 Å². The molecule has 1 aliphatic rings. The van der Waals surface area contributed by atoms with Gasteiger partial charge in [0.15, 0.2) is 0 Å². The zero-order chi connectivity index (χ0) is 20.3. The molecule has 1 aliphatic heterocycles. The molecule has 0 spiro atoms. The molecule has 0 aliphatic carbocycles. The molecular weight excluding hydrogens is 384 g/mol. The van der Waals surface area contributed by atoms with Gasteiger partial charge in [-0.15, -0.1) is 0 Å². The molecule has 1 amide bonds. The molecule has 150 valence electrons. The topological polar surface area (TPSA) is 66.5 Å². The molecule has 3 aromatic carbocycles. The standard InChI is InChI=1S/C23H24N2O3S/c26-23(16-18-11-12-19-7-2-3-8-20(19)15-18)24-21-9-6-10-22(17-21)29(27,28)25-13-4-1-5-14-25/h2-3,6-12,15,17H,1,4-5,13-14,16H2,(H,24,26). The van der Waals surface area contributed by atoms with Crippen LogP contribution in [0.15, 0.2) is 71.6 Å². The van der Waals surface area contributed by atoms with Crippen LogP contribution in [-0.4, -0.2) is 31.7 Å². The Kier molecular flexibility index (Phi) is 5.65. The molecule has 0 atom stereocenters. The van der Waals surface area contributed by atoms with Crippen LogP contribution >= 0.6 is 0 Å². The number of carbonyl (C=O) groups excluding carboxylic acids is 1. The molecule has 6 heteroatoms. The Morgan fingerprint density at radius 3 is 2.41 bits per heavy atom. The monoisotopic (exact) mass is 408 g/mol. The van der Waals surface area contributed by atoms with E-state index in [1.165, 1.54) is 4.31 Å². The van der Waals surface area contributed by atoms with E-state index in [0.717, 1.165) is 35.6 Å². The van der Waals surface area contributed by atoms with E-state index in [0.29, 0.717) is 18.8 Å². The zero-order valence-electron chi connectivity index (χ0n) is 16.2. The highest BCUT2D eigenvalue weighted by Gasteiger charge is 2.26. The molecule has 0 bridgehead atoms. The minimum atomic E-state index is -3.52. The highest BCUT2D eigenvalue weighted by Crippen LogP contribution is 2.23. The lowest BCUT2D eigenvalue weighted by molar-refractivity contribution is -0.115. The van der Waals surface area contributed by atoms with Crippen molar-refractivity contribution in [2.75, 3.05) is 18.4 Å². The van der Waals surface area contributed by atoms with Gasteiger partial charge in [0.1, 0.15) is 0 Å². The Morgan fingerprint density at radius 2 is 1.62 bits per heavy atom. The second-order valence-electron chi connectivity index (χ2n) is 7.40. The summed E-state index contributed by atoms with van der Waals surface area (Å²) < 4.78 is 27.2. The first-order valence-electron chi connectivity index (χ1n) is 9.90. The van der Waals surface area contributed by atoms with E-state index in [9.17, 15) is 13.2 Å². The minimum absolute atomic E-state index is 0.173. The van der Waals surface area contributed by atoms with Gasteiger partial charge in [0, 0.05) is 18.8 Å². The molecule has 1 saturated heterocycles.